The van der Waals surface area contributed by atoms with Gasteiger partial charge in [-0.25, -0.2) is 9.59 Å². The van der Waals surface area contributed by atoms with Gasteiger partial charge in [0.15, 0.2) is 0 Å². The number of aryl methyl sites for hydroxylation is 1. The number of hydrogen-bond acceptors (Lipinski definition) is 2. The highest BCUT2D eigenvalue weighted by molar-refractivity contribution is 5.93. The maximum absolute atomic E-state index is 12.1. The maximum Gasteiger partial charge on any atom is 0.319 e. The molecule has 0 atom stereocenters. The van der Waals surface area contributed by atoms with Crippen molar-refractivity contribution in [3.05, 3.63) is 23.8 Å². The summed E-state index contributed by atoms with van der Waals surface area (Å²) in [5.74, 6) is 0. The predicted octanol–water partition coefficient (Wildman–Crippen LogP) is 6.18. The summed E-state index contributed by atoms with van der Waals surface area (Å²) in [5.41, 5.74) is 2.31. The van der Waals surface area contributed by atoms with Gasteiger partial charge < -0.3 is 21.3 Å². The number of urea groups is 2. The van der Waals surface area contributed by atoms with Gasteiger partial charge in [0.2, 0.25) is 0 Å². The zero-order valence-electron chi connectivity index (χ0n) is 18.5. The number of rotatable bonds is 14. The van der Waals surface area contributed by atoms with Gasteiger partial charge in [0.05, 0.1) is 0 Å². The summed E-state index contributed by atoms with van der Waals surface area (Å²) in [6.07, 6.45) is 11.6. The van der Waals surface area contributed by atoms with E-state index in [0.717, 1.165) is 31.2 Å². The van der Waals surface area contributed by atoms with E-state index in [0.29, 0.717) is 24.5 Å². The molecule has 0 aliphatic carbocycles. The first-order chi connectivity index (χ1) is 14.1. The van der Waals surface area contributed by atoms with Crippen LogP contribution in [0.3, 0.4) is 0 Å². The van der Waals surface area contributed by atoms with Gasteiger partial charge in [-0.1, -0.05) is 71.3 Å². The minimum absolute atomic E-state index is 0.211. The Hall–Kier alpha value is -2.24. The minimum atomic E-state index is -0.216. The van der Waals surface area contributed by atoms with E-state index >= 15 is 0 Å². The molecule has 0 aliphatic heterocycles. The Balaban J connectivity index is 2.35. The monoisotopic (exact) mass is 404 g/mol. The van der Waals surface area contributed by atoms with Crippen molar-refractivity contribution < 1.29 is 9.59 Å². The van der Waals surface area contributed by atoms with Crippen LogP contribution in [-0.4, -0.2) is 25.2 Å². The lowest BCUT2D eigenvalue weighted by molar-refractivity contribution is 0.251. The van der Waals surface area contributed by atoms with Crippen LogP contribution >= 0.6 is 0 Å². The molecule has 6 nitrogen and oxygen atoms in total. The van der Waals surface area contributed by atoms with Crippen LogP contribution in [0.1, 0.15) is 83.6 Å². The first-order valence-corrected chi connectivity index (χ1v) is 11.3. The molecule has 164 valence electrons. The summed E-state index contributed by atoms with van der Waals surface area (Å²) in [5, 5.41) is 11.5. The fourth-order valence-electron chi connectivity index (χ4n) is 3.04. The van der Waals surface area contributed by atoms with Gasteiger partial charge in [0.25, 0.3) is 0 Å². The van der Waals surface area contributed by atoms with Crippen molar-refractivity contribution in [2.24, 2.45) is 0 Å². The average molecular weight is 405 g/mol. The molecule has 0 radical (unpaired) electrons. The molecule has 0 saturated carbocycles. The van der Waals surface area contributed by atoms with Gasteiger partial charge in [0, 0.05) is 24.5 Å². The van der Waals surface area contributed by atoms with Gasteiger partial charge in [-0.15, -0.1) is 0 Å². The topological polar surface area (TPSA) is 82.3 Å². The van der Waals surface area contributed by atoms with Crippen molar-refractivity contribution in [1.82, 2.24) is 10.6 Å². The summed E-state index contributed by atoms with van der Waals surface area (Å²) >= 11 is 0. The summed E-state index contributed by atoms with van der Waals surface area (Å²) in [7, 11) is 0. The van der Waals surface area contributed by atoms with Gasteiger partial charge in [-0.05, 0) is 37.5 Å². The van der Waals surface area contributed by atoms with Gasteiger partial charge in [-0.2, -0.15) is 0 Å². The van der Waals surface area contributed by atoms with Crippen molar-refractivity contribution in [2.45, 2.75) is 85.0 Å². The van der Waals surface area contributed by atoms with Crippen LogP contribution in [-0.2, 0) is 0 Å². The van der Waals surface area contributed by atoms with E-state index in [-0.39, 0.29) is 12.1 Å². The lowest BCUT2D eigenvalue weighted by Crippen LogP contribution is -2.30. The molecule has 0 spiro atoms. The molecule has 0 heterocycles. The molecule has 29 heavy (non-hydrogen) atoms. The Morgan fingerprint density at radius 3 is 1.79 bits per heavy atom. The third-order valence-corrected chi connectivity index (χ3v) is 4.88. The summed E-state index contributed by atoms with van der Waals surface area (Å²) in [4.78, 5) is 24.2. The molecule has 1 aromatic carbocycles. The highest BCUT2D eigenvalue weighted by Crippen LogP contribution is 2.20. The molecule has 6 heteroatoms. The number of hydrogen-bond donors (Lipinski definition) is 4. The van der Waals surface area contributed by atoms with Gasteiger partial charge in [0.1, 0.15) is 0 Å². The summed E-state index contributed by atoms with van der Waals surface area (Å²) in [6, 6.07) is 5.09. The Bertz CT molecular complexity index is 605. The first kappa shape index (κ1) is 24.8. The third-order valence-electron chi connectivity index (χ3n) is 4.88. The Labute approximate surface area is 176 Å². The number of carbonyl (C=O) groups excluding carboxylic acids is 2. The van der Waals surface area contributed by atoms with Crippen molar-refractivity contribution in [1.29, 1.82) is 0 Å². The first-order valence-electron chi connectivity index (χ1n) is 11.3. The van der Waals surface area contributed by atoms with E-state index in [1.807, 2.05) is 19.1 Å². The zero-order chi connectivity index (χ0) is 21.3. The second-order valence-electron chi connectivity index (χ2n) is 7.62. The largest absolute Gasteiger partial charge is 0.338 e. The Morgan fingerprint density at radius 2 is 1.24 bits per heavy atom. The van der Waals surface area contributed by atoms with Crippen molar-refractivity contribution in [3.63, 3.8) is 0 Å². The van der Waals surface area contributed by atoms with Gasteiger partial charge in [-0.3, -0.25) is 0 Å². The Morgan fingerprint density at radius 1 is 0.724 bits per heavy atom. The zero-order valence-corrected chi connectivity index (χ0v) is 18.5. The molecular weight excluding hydrogens is 364 g/mol. The molecular formula is C23H40N4O2. The van der Waals surface area contributed by atoms with E-state index in [1.165, 1.54) is 38.5 Å². The van der Waals surface area contributed by atoms with Crippen LogP contribution in [0.5, 0.6) is 0 Å². The van der Waals surface area contributed by atoms with Crippen LogP contribution in [0.2, 0.25) is 0 Å². The third kappa shape index (κ3) is 12.0. The predicted molar refractivity (Wildman–Crippen MR) is 123 cm³/mol. The minimum Gasteiger partial charge on any atom is -0.338 e. The number of unbranched alkanes of at least 4 members (excludes halogenated alkanes) is 8. The molecule has 1 rings (SSSR count). The molecule has 0 aromatic heterocycles. The highest BCUT2D eigenvalue weighted by Gasteiger charge is 2.07. The number of carbonyl (C=O) groups is 2. The van der Waals surface area contributed by atoms with Crippen LogP contribution < -0.4 is 21.3 Å². The van der Waals surface area contributed by atoms with E-state index < -0.39 is 0 Å². The smallest absolute Gasteiger partial charge is 0.319 e. The second-order valence-corrected chi connectivity index (χ2v) is 7.62. The molecule has 0 fully saturated rings. The number of benzene rings is 1. The lowest BCUT2D eigenvalue weighted by Gasteiger charge is -2.13. The fraction of sp³-hybridized carbons (Fsp3) is 0.652. The normalized spacial score (nSPS) is 10.4. The standard InChI is InChI=1S/C23H40N4O2/c1-4-6-8-10-12-16-24-22(28)26-20-15-14-19(3)21(18-20)27-23(29)25-17-13-11-9-7-5-2/h14-15,18H,4-13,16-17H2,1-3H3,(H2,24,26,28)(H2,25,27,29). The molecule has 0 bridgehead atoms. The highest BCUT2D eigenvalue weighted by atomic mass is 16.2. The fourth-order valence-corrected chi connectivity index (χ4v) is 3.04. The van der Waals surface area contributed by atoms with Crippen LogP contribution in [0.4, 0.5) is 21.0 Å². The van der Waals surface area contributed by atoms with E-state index in [1.54, 1.807) is 6.07 Å². The van der Waals surface area contributed by atoms with Crippen LogP contribution in [0.15, 0.2) is 18.2 Å². The number of anilines is 2. The molecule has 0 aliphatic rings. The second kappa shape index (κ2) is 15.7. The van der Waals surface area contributed by atoms with E-state index in [9.17, 15) is 9.59 Å². The molecule has 0 saturated heterocycles. The maximum atomic E-state index is 12.1. The van der Waals surface area contributed by atoms with Gasteiger partial charge >= 0.3 is 12.1 Å². The Kier molecular flexibility index (Phi) is 13.4. The molecule has 1 aromatic rings. The lowest BCUT2D eigenvalue weighted by atomic mass is 10.1. The SMILES string of the molecule is CCCCCCCNC(=O)Nc1ccc(C)c(NC(=O)NCCCCCCC)c1. The number of amides is 4. The summed E-state index contributed by atoms with van der Waals surface area (Å²) < 4.78 is 0. The average Bonchev–Trinajstić information content (AvgIpc) is 2.70. The van der Waals surface area contributed by atoms with Crippen molar-refractivity contribution in [2.75, 3.05) is 23.7 Å². The van der Waals surface area contributed by atoms with Crippen molar-refractivity contribution in [3.8, 4) is 0 Å². The summed E-state index contributed by atoms with van der Waals surface area (Å²) in [6.45, 7) is 7.66. The molecule has 4 amide bonds. The van der Waals surface area contributed by atoms with Crippen LogP contribution in [0, 0.1) is 6.92 Å². The quantitative estimate of drug-likeness (QED) is 0.279. The number of nitrogens with one attached hydrogen (secondary N) is 4. The van der Waals surface area contributed by atoms with Crippen molar-refractivity contribution >= 4 is 23.4 Å². The van der Waals surface area contributed by atoms with Crippen LogP contribution in [0.25, 0.3) is 0 Å². The molecule has 4 N–H and O–H groups in total. The van der Waals surface area contributed by atoms with E-state index in [4.69, 9.17) is 0 Å². The molecule has 0 unspecified atom stereocenters. The van der Waals surface area contributed by atoms with E-state index in [2.05, 4.69) is 35.1 Å².